The lowest BCUT2D eigenvalue weighted by atomic mass is 10.2. The van der Waals surface area contributed by atoms with Crippen LogP contribution in [-0.2, 0) is 11.3 Å². The lowest BCUT2D eigenvalue weighted by molar-refractivity contribution is 0.0953. The molecular weight excluding hydrogens is 276 g/mol. The Morgan fingerprint density at radius 1 is 1.32 bits per heavy atom. The Labute approximate surface area is 125 Å². The van der Waals surface area contributed by atoms with Crippen molar-refractivity contribution in [1.29, 1.82) is 0 Å². The van der Waals surface area contributed by atoms with Crippen LogP contribution in [0.2, 0.25) is 0 Å². The lowest BCUT2D eigenvalue weighted by Crippen LogP contribution is -2.25. The zero-order valence-corrected chi connectivity index (χ0v) is 13.3. The molecule has 0 aliphatic carbocycles. The van der Waals surface area contributed by atoms with Gasteiger partial charge >= 0.3 is 0 Å². The number of thiol groups is 1. The average Bonchev–Trinajstić information content (AvgIpc) is 2.91. The Morgan fingerprint density at radius 3 is 2.58 bits per heavy atom. The average molecular weight is 298 g/mol. The molecule has 0 bridgehead atoms. The lowest BCUT2D eigenvalue weighted by Gasteiger charge is -2.22. The molecule has 106 valence electrons. The maximum Gasteiger partial charge on any atom is 0.0712 e. The molecule has 0 aromatic heterocycles. The number of rotatable bonds is 6. The number of hydrogen-bond donors (Lipinski definition) is 1. The summed E-state index contributed by atoms with van der Waals surface area (Å²) in [5, 5.41) is 0. The van der Waals surface area contributed by atoms with E-state index in [9.17, 15) is 0 Å². The summed E-state index contributed by atoms with van der Waals surface area (Å²) in [7, 11) is 5.62. The van der Waals surface area contributed by atoms with Gasteiger partial charge in [-0.2, -0.15) is 0 Å². The van der Waals surface area contributed by atoms with Crippen LogP contribution in [0.5, 0.6) is 0 Å². The first-order valence-electron chi connectivity index (χ1n) is 6.63. The van der Waals surface area contributed by atoms with Gasteiger partial charge in [0.2, 0.25) is 0 Å². The van der Waals surface area contributed by atoms with Gasteiger partial charge in [-0.05, 0) is 41.5 Å². The van der Waals surface area contributed by atoms with E-state index in [1.165, 1.54) is 35.1 Å². The second-order valence-electron chi connectivity index (χ2n) is 5.10. The summed E-state index contributed by atoms with van der Waals surface area (Å²) < 4.78 is 7.93. The molecule has 1 unspecified atom stereocenters. The van der Waals surface area contributed by atoms with Crippen molar-refractivity contribution in [2.24, 2.45) is 0 Å². The standard InChI is InChI=1S/C14H22N2OS2/c1-15(2)13-7-5-12(6-8-13)10-16(19-18)11-14-4-3-9-17-14/h5-8,14,18H,3-4,9-11H2,1-2H3. The van der Waals surface area contributed by atoms with Gasteiger partial charge in [0.05, 0.1) is 6.10 Å². The third-order valence-electron chi connectivity index (χ3n) is 3.36. The van der Waals surface area contributed by atoms with Crippen molar-refractivity contribution in [3.63, 3.8) is 0 Å². The van der Waals surface area contributed by atoms with Crippen LogP contribution >= 0.6 is 22.6 Å². The van der Waals surface area contributed by atoms with Crippen LogP contribution in [0.3, 0.4) is 0 Å². The fourth-order valence-electron chi connectivity index (χ4n) is 2.25. The van der Waals surface area contributed by atoms with Crippen LogP contribution in [0.1, 0.15) is 18.4 Å². The highest BCUT2D eigenvalue weighted by atomic mass is 33.1. The third-order valence-corrected chi connectivity index (χ3v) is 4.56. The predicted octanol–water partition coefficient (Wildman–Crippen LogP) is 3.23. The molecule has 1 heterocycles. The molecule has 0 spiro atoms. The van der Waals surface area contributed by atoms with Crippen LogP contribution in [0.15, 0.2) is 24.3 Å². The van der Waals surface area contributed by atoms with Crippen LogP contribution in [0.4, 0.5) is 5.69 Å². The van der Waals surface area contributed by atoms with Gasteiger partial charge in [-0.25, -0.2) is 4.31 Å². The molecule has 1 aromatic carbocycles. The van der Waals surface area contributed by atoms with Crippen LogP contribution < -0.4 is 4.90 Å². The largest absolute Gasteiger partial charge is 0.378 e. The zero-order valence-electron chi connectivity index (χ0n) is 11.6. The number of ether oxygens (including phenoxy) is 1. The fraction of sp³-hybridized carbons (Fsp3) is 0.571. The highest BCUT2D eigenvalue weighted by Crippen LogP contribution is 2.23. The summed E-state index contributed by atoms with van der Waals surface area (Å²) in [6.45, 7) is 2.76. The number of nitrogens with zero attached hydrogens (tertiary/aromatic N) is 2. The van der Waals surface area contributed by atoms with Gasteiger partial charge in [-0.3, -0.25) is 0 Å². The van der Waals surface area contributed by atoms with E-state index in [0.717, 1.165) is 19.7 Å². The van der Waals surface area contributed by atoms with Crippen molar-refractivity contribution in [3.8, 4) is 0 Å². The minimum Gasteiger partial charge on any atom is -0.378 e. The number of hydrogen-bond acceptors (Lipinski definition) is 5. The molecule has 1 saturated heterocycles. The van der Waals surface area contributed by atoms with Gasteiger partial charge < -0.3 is 9.64 Å². The first kappa shape index (κ1) is 15.0. The van der Waals surface area contributed by atoms with Gasteiger partial charge in [0.25, 0.3) is 0 Å². The second kappa shape index (κ2) is 7.43. The van der Waals surface area contributed by atoms with Gasteiger partial charge in [0.15, 0.2) is 0 Å². The Balaban J connectivity index is 1.89. The first-order chi connectivity index (χ1) is 9.19. The van der Waals surface area contributed by atoms with E-state index in [1.807, 2.05) is 0 Å². The number of anilines is 1. The van der Waals surface area contributed by atoms with E-state index in [2.05, 4.69) is 59.2 Å². The van der Waals surface area contributed by atoms with Crippen molar-refractivity contribution in [1.82, 2.24) is 4.31 Å². The van der Waals surface area contributed by atoms with Gasteiger partial charge in [-0.15, -0.1) is 0 Å². The van der Waals surface area contributed by atoms with Crippen molar-refractivity contribution >= 4 is 28.3 Å². The smallest absolute Gasteiger partial charge is 0.0712 e. The van der Waals surface area contributed by atoms with Crippen molar-refractivity contribution in [3.05, 3.63) is 29.8 Å². The minimum absolute atomic E-state index is 0.376. The summed E-state index contributed by atoms with van der Waals surface area (Å²) >= 11 is 4.35. The van der Waals surface area contributed by atoms with E-state index < -0.39 is 0 Å². The van der Waals surface area contributed by atoms with Gasteiger partial charge in [0, 0.05) is 39.5 Å². The molecule has 19 heavy (non-hydrogen) atoms. The second-order valence-corrected chi connectivity index (χ2v) is 6.27. The monoisotopic (exact) mass is 298 g/mol. The molecule has 0 saturated carbocycles. The molecule has 0 radical (unpaired) electrons. The maximum absolute atomic E-state index is 5.68. The summed E-state index contributed by atoms with van der Waals surface area (Å²) in [5.41, 5.74) is 2.54. The summed E-state index contributed by atoms with van der Waals surface area (Å²) in [4.78, 5) is 2.11. The normalized spacial score (nSPS) is 19.1. The van der Waals surface area contributed by atoms with Crippen molar-refractivity contribution < 1.29 is 4.74 Å². The van der Waals surface area contributed by atoms with E-state index >= 15 is 0 Å². The zero-order chi connectivity index (χ0) is 13.7. The highest BCUT2D eigenvalue weighted by molar-refractivity contribution is 8.67. The summed E-state index contributed by atoms with van der Waals surface area (Å²) in [6.07, 6.45) is 2.73. The van der Waals surface area contributed by atoms with Gasteiger partial charge in [-0.1, -0.05) is 23.8 Å². The van der Waals surface area contributed by atoms with Crippen LogP contribution in [0, 0.1) is 0 Å². The summed E-state index contributed by atoms with van der Waals surface area (Å²) in [5.74, 6) is 0. The summed E-state index contributed by atoms with van der Waals surface area (Å²) in [6, 6.07) is 8.68. The molecule has 1 fully saturated rings. The Morgan fingerprint density at radius 2 is 2.05 bits per heavy atom. The number of benzene rings is 1. The SMILES string of the molecule is CN(C)c1ccc(CN(CC2CCCO2)SS)cc1. The molecular formula is C14H22N2OS2. The topological polar surface area (TPSA) is 15.7 Å². The van der Waals surface area contributed by atoms with Crippen LogP contribution in [0.25, 0.3) is 0 Å². The van der Waals surface area contributed by atoms with E-state index in [0.29, 0.717) is 6.10 Å². The minimum atomic E-state index is 0.376. The Hall–Kier alpha value is -0.360. The Bertz CT molecular complexity index is 378. The molecule has 1 aliphatic heterocycles. The Kier molecular flexibility index (Phi) is 5.88. The van der Waals surface area contributed by atoms with E-state index in [1.54, 1.807) is 0 Å². The van der Waals surface area contributed by atoms with E-state index in [4.69, 9.17) is 4.74 Å². The first-order valence-corrected chi connectivity index (χ1v) is 8.46. The molecule has 1 atom stereocenters. The van der Waals surface area contributed by atoms with Crippen molar-refractivity contribution in [2.45, 2.75) is 25.5 Å². The van der Waals surface area contributed by atoms with Gasteiger partial charge in [0.1, 0.15) is 0 Å². The maximum atomic E-state index is 5.68. The molecule has 5 heteroatoms. The highest BCUT2D eigenvalue weighted by Gasteiger charge is 2.19. The molecule has 3 nitrogen and oxygen atoms in total. The third kappa shape index (κ3) is 4.60. The molecule has 1 aliphatic rings. The van der Waals surface area contributed by atoms with Crippen molar-refractivity contribution in [2.75, 3.05) is 32.1 Å². The molecule has 0 N–H and O–H groups in total. The van der Waals surface area contributed by atoms with Crippen LogP contribution in [-0.4, -0.2) is 37.7 Å². The molecule has 1 aromatic rings. The molecule has 0 amide bonds. The fourth-order valence-corrected chi connectivity index (χ4v) is 3.06. The van der Waals surface area contributed by atoms with E-state index in [-0.39, 0.29) is 0 Å². The quantitative estimate of drug-likeness (QED) is 0.493. The molecule has 2 rings (SSSR count). The predicted molar refractivity (Wildman–Crippen MR) is 86.7 cm³/mol.